The van der Waals surface area contributed by atoms with Crippen LogP contribution in [-0.4, -0.2) is 32.6 Å². The van der Waals surface area contributed by atoms with Crippen molar-refractivity contribution in [2.24, 2.45) is 0 Å². The van der Waals surface area contributed by atoms with Gasteiger partial charge in [-0.3, -0.25) is 4.79 Å². The maximum absolute atomic E-state index is 12.2. The number of ether oxygens (including phenoxy) is 1. The maximum atomic E-state index is 12.2. The minimum absolute atomic E-state index is 0.0124. The predicted molar refractivity (Wildman–Crippen MR) is 88.4 cm³/mol. The minimum atomic E-state index is -2.91. The van der Waals surface area contributed by atoms with Gasteiger partial charge in [-0.25, -0.2) is 0 Å². The van der Waals surface area contributed by atoms with E-state index in [1.165, 1.54) is 29.1 Å². The lowest BCUT2D eigenvalue weighted by atomic mass is 10.1. The first-order valence-electron chi connectivity index (χ1n) is 7.14. The molecule has 1 aromatic heterocycles. The molecule has 0 saturated heterocycles. The Bertz CT molecular complexity index is 884. The van der Waals surface area contributed by atoms with Crippen LogP contribution in [0.4, 0.5) is 8.78 Å². The molecule has 9 heteroatoms. The molecule has 0 saturated carbocycles. The number of rotatable bonds is 6. The van der Waals surface area contributed by atoms with Crippen LogP contribution in [-0.2, 0) is 6.54 Å². The number of nitrogens with zero attached hydrogens (tertiary/aromatic N) is 4. The fraction of sp³-hybridized carbons (Fsp3) is 0.125. The summed E-state index contributed by atoms with van der Waals surface area (Å²) in [5.74, 6) is 0.0993. The maximum Gasteiger partial charge on any atom is 0.387 e. The van der Waals surface area contributed by atoms with Crippen molar-refractivity contribution in [1.29, 1.82) is 0 Å². The molecule has 128 valence electrons. The molecule has 0 N–H and O–H groups in total. The molecule has 0 unspecified atom stereocenters. The Balaban J connectivity index is 1.70. The monoisotopic (exact) mass is 408 g/mol. The first-order chi connectivity index (χ1) is 12.0. The Morgan fingerprint density at radius 2 is 1.88 bits per heavy atom. The van der Waals surface area contributed by atoms with E-state index < -0.39 is 6.61 Å². The summed E-state index contributed by atoms with van der Waals surface area (Å²) in [7, 11) is 0. The molecule has 0 aliphatic heterocycles. The summed E-state index contributed by atoms with van der Waals surface area (Å²) in [6, 6.07) is 12.8. The van der Waals surface area contributed by atoms with Gasteiger partial charge in [0.1, 0.15) is 12.3 Å². The number of benzene rings is 2. The van der Waals surface area contributed by atoms with Crippen LogP contribution in [0.15, 0.2) is 53.0 Å². The number of carbonyl (C=O) groups is 1. The van der Waals surface area contributed by atoms with Gasteiger partial charge in [-0.05, 0) is 41.6 Å². The lowest BCUT2D eigenvalue weighted by Gasteiger charge is -2.05. The van der Waals surface area contributed by atoms with Gasteiger partial charge in [0.2, 0.25) is 5.82 Å². The smallest absolute Gasteiger partial charge is 0.387 e. The predicted octanol–water partition coefficient (Wildman–Crippen LogP) is 3.59. The van der Waals surface area contributed by atoms with Gasteiger partial charge in [0, 0.05) is 15.6 Å². The van der Waals surface area contributed by atoms with Gasteiger partial charge in [-0.15, -0.1) is 10.2 Å². The second-order valence-electron chi connectivity index (χ2n) is 4.95. The van der Waals surface area contributed by atoms with Gasteiger partial charge in [-0.2, -0.15) is 13.6 Å². The fourth-order valence-electron chi connectivity index (χ4n) is 2.10. The van der Waals surface area contributed by atoms with E-state index in [0.717, 1.165) is 10.0 Å². The molecule has 0 aliphatic rings. The summed E-state index contributed by atoms with van der Waals surface area (Å²) in [6.07, 6.45) is 0. The van der Waals surface area contributed by atoms with E-state index in [1.54, 1.807) is 0 Å². The van der Waals surface area contributed by atoms with Gasteiger partial charge >= 0.3 is 6.61 Å². The van der Waals surface area contributed by atoms with Gasteiger partial charge in [0.25, 0.3) is 0 Å². The van der Waals surface area contributed by atoms with E-state index in [2.05, 4.69) is 36.1 Å². The Morgan fingerprint density at radius 1 is 1.16 bits per heavy atom. The highest BCUT2D eigenvalue weighted by atomic mass is 79.9. The van der Waals surface area contributed by atoms with E-state index in [1.807, 2.05) is 24.3 Å². The van der Waals surface area contributed by atoms with E-state index in [9.17, 15) is 13.6 Å². The number of Topliss-reactive ketones (excluding diaryl/α,β-unsaturated/α-hetero) is 1. The van der Waals surface area contributed by atoms with E-state index in [4.69, 9.17) is 0 Å². The molecular formula is C16H11BrF2N4O2. The molecule has 6 nitrogen and oxygen atoms in total. The van der Waals surface area contributed by atoms with Crippen LogP contribution < -0.4 is 4.74 Å². The first-order valence-corrected chi connectivity index (χ1v) is 7.93. The van der Waals surface area contributed by atoms with Gasteiger partial charge in [-0.1, -0.05) is 28.1 Å². The van der Waals surface area contributed by atoms with Gasteiger partial charge in [0.05, 0.1) is 0 Å². The van der Waals surface area contributed by atoms with Crippen LogP contribution in [0.5, 0.6) is 5.75 Å². The molecule has 3 aromatic rings. The number of alkyl halides is 2. The molecule has 25 heavy (non-hydrogen) atoms. The van der Waals surface area contributed by atoms with Crippen molar-refractivity contribution >= 4 is 21.7 Å². The molecule has 1 heterocycles. The average Bonchev–Trinajstić information content (AvgIpc) is 3.03. The summed E-state index contributed by atoms with van der Waals surface area (Å²) in [4.78, 5) is 13.4. The first kappa shape index (κ1) is 17.2. The topological polar surface area (TPSA) is 69.9 Å². The van der Waals surface area contributed by atoms with Gasteiger partial charge in [0.15, 0.2) is 5.78 Å². The highest BCUT2D eigenvalue weighted by Gasteiger charge is 2.13. The van der Waals surface area contributed by atoms with Crippen molar-refractivity contribution in [2.75, 3.05) is 0 Å². The van der Waals surface area contributed by atoms with E-state index >= 15 is 0 Å². The normalized spacial score (nSPS) is 10.9. The quantitative estimate of drug-likeness (QED) is 0.582. The SMILES string of the molecule is O=C(Cn1nnc(-c2ccccc2Br)n1)c1ccc(OC(F)F)cc1. The molecule has 0 aliphatic carbocycles. The summed E-state index contributed by atoms with van der Waals surface area (Å²) in [5, 5.41) is 12.0. The zero-order valence-electron chi connectivity index (χ0n) is 12.6. The number of aromatic nitrogens is 4. The fourth-order valence-corrected chi connectivity index (χ4v) is 2.56. The van der Waals surface area contributed by atoms with Crippen LogP contribution in [0.2, 0.25) is 0 Å². The van der Waals surface area contributed by atoms with Crippen molar-refractivity contribution in [1.82, 2.24) is 20.2 Å². The van der Waals surface area contributed by atoms with Crippen molar-refractivity contribution in [2.45, 2.75) is 13.2 Å². The molecule has 0 spiro atoms. The molecule has 2 aromatic carbocycles. The Hall–Kier alpha value is -2.68. The molecule has 3 rings (SSSR count). The van der Waals surface area contributed by atoms with E-state index in [-0.39, 0.29) is 18.1 Å². The van der Waals surface area contributed by atoms with Crippen molar-refractivity contribution in [3.8, 4) is 17.1 Å². The second kappa shape index (κ2) is 7.47. The van der Waals surface area contributed by atoms with Crippen LogP contribution in [0.3, 0.4) is 0 Å². The lowest BCUT2D eigenvalue weighted by Crippen LogP contribution is -2.13. The molecule has 0 bridgehead atoms. The molecule has 0 amide bonds. The number of carbonyl (C=O) groups excluding carboxylic acids is 1. The average molecular weight is 409 g/mol. The lowest BCUT2D eigenvalue weighted by molar-refractivity contribution is -0.0498. The van der Waals surface area contributed by atoms with Crippen molar-refractivity contribution in [3.05, 3.63) is 58.6 Å². The standard InChI is InChI=1S/C16H11BrF2N4O2/c17-13-4-2-1-3-12(13)15-20-22-23(21-15)9-14(24)10-5-7-11(8-6-10)25-16(18)19/h1-8,16H,9H2. The highest BCUT2D eigenvalue weighted by Crippen LogP contribution is 2.24. The third kappa shape index (κ3) is 4.24. The van der Waals surface area contributed by atoms with Crippen LogP contribution in [0.25, 0.3) is 11.4 Å². The highest BCUT2D eigenvalue weighted by molar-refractivity contribution is 9.10. The summed E-state index contributed by atoms with van der Waals surface area (Å²) in [6.45, 7) is -3.02. The molecule has 0 fully saturated rings. The van der Waals surface area contributed by atoms with Crippen LogP contribution in [0.1, 0.15) is 10.4 Å². The number of tetrazole rings is 1. The number of hydrogen-bond donors (Lipinski definition) is 0. The zero-order chi connectivity index (χ0) is 17.8. The summed E-state index contributed by atoms with van der Waals surface area (Å²) in [5.41, 5.74) is 1.09. The van der Waals surface area contributed by atoms with Crippen LogP contribution >= 0.6 is 15.9 Å². The second-order valence-corrected chi connectivity index (χ2v) is 5.80. The molecule has 0 atom stereocenters. The van der Waals surface area contributed by atoms with Crippen LogP contribution in [0, 0.1) is 0 Å². The van der Waals surface area contributed by atoms with Crippen molar-refractivity contribution in [3.63, 3.8) is 0 Å². The number of ketones is 1. The third-order valence-electron chi connectivity index (χ3n) is 3.25. The molecular weight excluding hydrogens is 398 g/mol. The van der Waals surface area contributed by atoms with Crippen molar-refractivity contribution < 1.29 is 18.3 Å². The Morgan fingerprint density at radius 3 is 2.56 bits per heavy atom. The van der Waals surface area contributed by atoms with Gasteiger partial charge < -0.3 is 4.74 Å². The summed E-state index contributed by atoms with van der Waals surface area (Å²) >= 11 is 3.40. The Labute approximate surface area is 149 Å². The molecule has 0 radical (unpaired) electrons. The third-order valence-corrected chi connectivity index (χ3v) is 3.95. The number of hydrogen-bond acceptors (Lipinski definition) is 5. The zero-order valence-corrected chi connectivity index (χ0v) is 14.2. The largest absolute Gasteiger partial charge is 0.435 e. The minimum Gasteiger partial charge on any atom is -0.435 e. The van der Waals surface area contributed by atoms with E-state index in [0.29, 0.717) is 11.4 Å². The number of halogens is 3. The Kier molecular flexibility index (Phi) is 5.13. The summed E-state index contributed by atoms with van der Waals surface area (Å²) < 4.78 is 29.3.